The van der Waals surface area contributed by atoms with Crippen LogP contribution in [0.15, 0.2) is 72.9 Å². The Hall–Kier alpha value is -4.33. The molecule has 0 unspecified atom stereocenters. The van der Waals surface area contributed by atoms with Gasteiger partial charge in [0.15, 0.2) is 0 Å². The third-order valence-electron chi connectivity index (χ3n) is 5.92. The van der Waals surface area contributed by atoms with Gasteiger partial charge >= 0.3 is 6.03 Å². The number of nitrogens with one attached hydrogen (secondary N) is 2. The Kier molecular flexibility index (Phi) is 5.63. The Labute approximate surface area is 196 Å². The minimum atomic E-state index is -0.303. The van der Waals surface area contributed by atoms with Gasteiger partial charge < -0.3 is 20.3 Å². The van der Waals surface area contributed by atoms with Crippen molar-refractivity contribution in [3.05, 3.63) is 89.9 Å². The molecule has 34 heavy (non-hydrogen) atoms. The molecule has 1 saturated carbocycles. The summed E-state index contributed by atoms with van der Waals surface area (Å²) < 4.78 is 3.12. The van der Waals surface area contributed by atoms with Crippen molar-refractivity contribution in [2.45, 2.75) is 25.3 Å². The van der Waals surface area contributed by atoms with E-state index < -0.39 is 0 Å². The SMILES string of the molecule is Cn1cccc1C(=O)Nc1ccc(-c2cc(C3CC3)n(C(=O)NCc3ccccc3)n2)c(O)c1. The summed E-state index contributed by atoms with van der Waals surface area (Å²) in [6.07, 6.45) is 3.81. The second-order valence-corrected chi connectivity index (χ2v) is 8.48. The van der Waals surface area contributed by atoms with Crippen LogP contribution in [0.2, 0.25) is 0 Å². The van der Waals surface area contributed by atoms with Crippen molar-refractivity contribution in [3.63, 3.8) is 0 Å². The van der Waals surface area contributed by atoms with E-state index in [0.29, 0.717) is 29.2 Å². The normalized spacial score (nSPS) is 13.0. The summed E-state index contributed by atoms with van der Waals surface area (Å²) in [5.41, 5.74) is 3.82. The number of hydrogen-bond acceptors (Lipinski definition) is 4. The molecule has 2 amide bonds. The second-order valence-electron chi connectivity index (χ2n) is 8.48. The van der Waals surface area contributed by atoms with Crippen molar-refractivity contribution in [3.8, 4) is 17.0 Å². The number of carbonyl (C=O) groups is 2. The van der Waals surface area contributed by atoms with E-state index in [0.717, 1.165) is 24.1 Å². The molecule has 1 fully saturated rings. The molecule has 172 valence electrons. The number of hydrogen-bond donors (Lipinski definition) is 3. The van der Waals surface area contributed by atoms with E-state index in [9.17, 15) is 14.7 Å². The highest BCUT2D eigenvalue weighted by Gasteiger charge is 2.30. The fourth-order valence-corrected chi connectivity index (χ4v) is 3.93. The average Bonchev–Trinajstić information content (AvgIpc) is 3.44. The highest BCUT2D eigenvalue weighted by atomic mass is 16.3. The van der Waals surface area contributed by atoms with Crippen LogP contribution < -0.4 is 10.6 Å². The van der Waals surface area contributed by atoms with Crippen molar-refractivity contribution < 1.29 is 14.7 Å². The van der Waals surface area contributed by atoms with Crippen molar-refractivity contribution >= 4 is 17.6 Å². The Morgan fingerprint density at radius 2 is 1.85 bits per heavy atom. The van der Waals surface area contributed by atoms with Gasteiger partial charge in [-0.1, -0.05) is 30.3 Å². The van der Waals surface area contributed by atoms with Crippen LogP contribution in [0.5, 0.6) is 5.75 Å². The molecule has 1 aliphatic carbocycles. The van der Waals surface area contributed by atoms with Gasteiger partial charge in [0, 0.05) is 43.0 Å². The number of benzene rings is 2. The van der Waals surface area contributed by atoms with Gasteiger partial charge in [0.2, 0.25) is 0 Å². The average molecular weight is 456 g/mol. The lowest BCUT2D eigenvalue weighted by Gasteiger charge is -2.09. The van der Waals surface area contributed by atoms with Gasteiger partial charge in [-0.05, 0) is 48.7 Å². The van der Waals surface area contributed by atoms with Crippen molar-refractivity contribution in [2.24, 2.45) is 7.05 Å². The van der Waals surface area contributed by atoms with Crippen molar-refractivity contribution in [1.29, 1.82) is 0 Å². The standard InChI is InChI=1S/C26H25N5O3/c1-30-13-5-8-22(30)25(33)28-19-11-12-20(24(32)14-19)21-15-23(18-9-10-18)31(29-21)26(34)27-16-17-6-3-2-4-7-17/h2-8,11-15,18,32H,9-10,16H2,1H3,(H,27,34)(H,28,33). The van der Waals surface area contributed by atoms with Gasteiger partial charge in [-0.25, -0.2) is 4.79 Å². The first-order valence-electron chi connectivity index (χ1n) is 11.2. The summed E-state index contributed by atoms with van der Waals surface area (Å²) in [7, 11) is 1.79. The van der Waals surface area contributed by atoms with Gasteiger partial charge in [-0.3, -0.25) is 4.79 Å². The van der Waals surface area contributed by atoms with Gasteiger partial charge in [-0.15, -0.1) is 0 Å². The first-order valence-corrected chi connectivity index (χ1v) is 11.2. The summed E-state index contributed by atoms with van der Waals surface area (Å²) in [5.74, 6) is -0.00822. The molecule has 0 atom stereocenters. The number of anilines is 1. The molecule has 2 aromatic heterocycles. The molecule has 8 heteroatoms. The molecule has 2 aromatic carbocycles. The zero-order chi connectivity index (χ0) is 23.7. The molecule has 2 heterocycles. The van der Waals surface area contributed by atoms with E-state index in [2.05, 4.69) is 15.7 Å². The Balaban J connectivity index is 1.35. The first-order chi connectivity index (χ1) is 16.5. The molecule has 4 aromatic rings. The number of phenols is 1. The first kappa shape index (κ1) is 21.5. The van der Waals surface area contributed by atoms with E-state index in [4.69, 9.17) is 0 Å². The number of aromatic hydroxyl groups is 1. The summed E-state index contributed by atoms with van der Waals surface area (Å²) in [5, 5.41) is 20.9. The lowest BCUT2D eigenvalue weighted by molar-refractivity contribution is 0.101. The van der Waals surface area contributed by atoms with E-state index in [1.54, 1.807) is 42.1 Å². The van der Waals surface area contributed by atoms with Crippen LogP contribution in [0.1, 0.15) is 40.5 Å². The van der Waals surface area contributed by atoms with E-state index >= 15 is 0 Å². The van der Waals surface area contributed by atoms with E-state index in [1.165, 1.54) is 10.7 Å². The smallest absolute Gasteiger partial charge is 0.342 e. The summed E-state index contributed by atoms with van der Waals surface area (Å²) >= 11 is 0. The predicted octanol–water partition coefficient (Wildman–Crippen LogP) is 4.48. The third kappa shape index (κ3) is 4.43. The van der Waals surface area contributed by atoms with E-state index in [-0.39, 0.29) is 23.6 Å². The molecule has 0 saturated heterocycles. The number of amides is 2. The second kappa shape index (κ2) is 8.90. The minimum absolute atomic E-state index is 0.0265. The Morgan fingerprint density at radius 1 is 1.06 bits per heavy atom. The summed E-state index contributed by atoms with van der Waals surface area (Å²) in [6, 6.07) is 19.7. The number of rotatable bonds is 6. The molecule has 0 aliphatic heterocycles. The van der Waals surface area contributed by atoms with Crippen LogP contribution in [-0.4, -0.2) is 31.4 Å². The zero-order valence-electron chi connectivity index (χ0n) is 18.7. The molecule has 8 nitrogen and oxygen atoms in total. The highest BCUT2D eigenvalue weighted by molar-refractivity contribution is 6.03. The maximum atomic E-state index is 12.9. The zero-order valence-corrected chi connectivity index (χ0v) is 18.7. The van der Waals surface area contributed by atoms with Gasteiger partial charge in [-0.2, -0.15) is 9.78 Å². The number of phenolic OH excluding ortho intramolecular Hbond substituents is 1. The number of aryl methyl sites for hydroxylation is 1. The molecule has 0 spiro atoms. The van der Waals surface area contributed by atoms with Crippen LogP contribution in [0.25, 0.3) is 11.3 Å². The van der Waals surface area contributed by atoms with Crippen LogP contribution in [-0.2, 0) is 13.6 Å². The fourth-order valence-electron chi connectivity index (χ4n) is 3.93. The number of aromatic nitrogens is 3. The molecule has 3 N–H and O–H groups in total. The summed E-state index contributed by atoms with van der Waals surface area (Å²) in [4.78, 5) is 25.4. The van der Waals surface area contributed by atoms with Gasteiger partial charge in [0.05, 0.1) is 11.4 Å². The molecular formula is C26H25N5O3. The quantitative estimate of drug-likeness (QED) is 0.399. The number of carbonyl (C=O) groups excluding carboxylic acids is 2. The van der Waals surface area contributed by atoms with Crippen LogP contribution in [0.3, 0.4) is 0 Å². The van der Waals surface area contributed by atoms with Crippen molar-refractivity contribution in [2.75, 3.05) is 5.32 Å². The maximum Gasteiger partial charge on any atom is 0.342 e. The van der Waals surface area contributed by atoms with Gasteiger partial charge in [0.1, 0.15) is 11.4 Å². The molecule has 1 aliphatic rings. The Morgan fingerprint density at radius 3 is 2.53 bits per heavy atom. The minimum Gasteiger partial charge on any atom is -0.507 e. The fraction of sp³-hybridized carbons (Fsp3) is 0.192. The topological polar surface area (TPSA) is 101 Å². The van der Waals surface area contributed by atoms with Crippen LogP contribution in [0, 0.1) is 0 Å². The van der Waals surface area contributed by atoms with Crippen molar-refractivity contribution in [1.82, 2.24) is 19.7 Å². The van der Waals surface area contributed by atoms with Gasteiger partial charge in [0.25, 0.3) is 5.91 Å². The largest absolute Gasteiger partial charge is 0.507 e. The predicted molar refractivity (Wildman–Crippen MR) is 129 cm³/mol. The summed E-state index contributed by atoms with van der Waals surface area (Å²) in [6.45, 7) is 0.403. The molecule has 0 bridgehead atoms. The lowest BCUT2D eigenvalue weighted by Crippen LogP contribution is -2.30. The number of nitrogens with zero attached hydrogens (tertiary/aromatic N) is 3. The third-order valence-corrected chi connectivity index (χ3v) is 5.92. The van der Waals surface area contributed by atoms with E-state index in [1.807, 2.05) is 36.4 Å². The maximum absolute atomic E-state index is 12.9. The van der Waals surface area contributed by atoms with Crippen LogP contribution >= 0.6 is 0 Å². The lowest BCUT2D eigenvalue weighted by atomic mass is 10.1. The molecule has 0 radical (unpaired) electrons. The monoisotopic (exact) mass is 455 g/mol. The Bertz CT molecular complexity index is 1350. The molecular weight excluding hydrogens is 430 g/mol. The molecule has 5 rings (SSSR count). The highest BCUT2D eigenvalue weighted by Crippen LogP contribution is 2.42. The van der Waals surface area contributed by atoms with Crippen LogP contribution in [0.4, 0.5) is 10.5 Å².